The number of nitrogens with zero attached hydrogens (tertiary/aromatic N) is 3. The van der Waals surface area contributed by atoms with Crippen LogP contribution in [0.2, 0.25) is 0 Å². The molecule has 0 N–H and O–H groups in total. The fourth-order valence-corrected chi connectivity index (χ4v) is 3.45. The van der Waals surface area contributed by atoms with Crippen LogP contribution in [0.1, 0.15) is 68.3 Å². The molecular weight excluding hydrogens is 330 g/mol. The van der Waals surface area contributed by atoms with E-state index >= 15 is 0 Å². The van der Waals surface area contributed by atoms with Gasteiger partial charge in [-0.05, 0) is 25.7 Å². The van der Waals surface area contributed by atoms with Crippen LogP contribution in [-0.2, 0) is 4.79 Å². The Balaban J connectivity index is 2.10. The summed E-state index contributed by atoms with van der Waals surface area (Å²) in [7, 11) is 1.76. The second-order valence-corrected chi connectivity index (χ2v) is 8.05. The van der Waals surface area contributed by atoms with Gasteiger partial charge in [-0.3, -0.25) is 9.59 Å². The van der Waals surface area contributed by atoms with E-state index in [-0.39, 0.29) is 29.1 Å². The first kappa shape index (κ1) is 19.9. The highest BCUT2D eigenvalue weighted by Gasteiger charge is 2.37. The van der Waals surface area contributed by atoms with E-state index in [4.69, 9.17) is 4.52 Å². The molecule has 0 spiro atoms. The molecule has 0 fully saturated rings. The van der Waals surface area contributed by atoms with Gasteiger partial charge in [0.15, 0.2) is 11.5 Å². The molecule has 0 saturated carbocycles. The van der Waals surface area contributed by atoms with E-state index in [0.717, 1.165) is 0 Å². The number of ketones is 1. The molecule has 26 heavy (non-hydrogen) atoms. The van der Waals surface area contributed by atoms with Crippen molar-refractivity contribution in [1.29, 1.82) is 5.26 Å². The zero-order valence-electron chi connectivity index (χ0n) is 16.4. The van der Waals surface area contributed by atoms with Crippen LogP contribution in [-0.4, -0.2) is 35.3 Å². The minimum absolute atomic E-state index is 0.0785. The van der Waals surface area contributed by atoms with Gasteiger partial charge in [0.2, 0.25) is 0 Å². The summed E-state index contributed by atoms with van der Waals surface area (Å²) in [5.74, 6) is 0.580. The Morgan fingerprint density at radius 2 is 2.15 bits per heavy atom. The van der Waals surface area contributed by atoms with Crippen molar-refractivity contribution in [2.24, 2.45) is 11.3 Å². The van der Waals surface area contributed by atoms with Crippen molar-refractivity contribution in [2.75, 3.05) is 13.6 Å². The second-order valence-electron chi connectivity index (χ2n) is 8.05. The second kappa shape index (κ2) is 7.45. The summed E-state index contributed by atoms with van der Waals surface area (Å²) >= 11 is 0. The number of carbonyl (C=O) groups excluding carboxylic acids is 2. The third-order valence-electron chi connectivity index (χ3n) is 4.96. The molecule has 1 amide bonds. The van der Waals surface area contributed by atoms with Gasteiger partial charge in [-0.2, -0.15) is 5.26 Å². The lowest BCUT2D eigenvalue weighted by atomic mass is 9.71. The molecular formula is C20H27N3O3. The van der Waals surface area contributed by atoms with Gasteiger partial charge in [0.05, 0.1) is 11.3 Å². The highest BCUT2D eigenvalue weighted by molar-refractivity contribution is 6.03. The molecule has 1 aliphatic rings. The summed E-state index contributed by atoms with van der Waals surface area (Å²) in [5.41, 5.74) is 0.830. The molecule has 2 rings (SSSR count). The van der Waals surface area contributed by atoms with Gasteiger partial charge < -0.3 is 9.42 Å². The maximum atomic E-state index is 12.8. The topological polar surface area (TPSA) is 87.2 Å². The molecule has 6 heteroatoms. The summed E-state index contributed by atoms with van der Waals surface area (Å²) in [6.45, 7) is 9.98. The molecule has 0 bridgehead atoms. The van der Waals surface area contributed by atoms with Crippen molar-refractivity contribution in [1.82, 2.24) is 10.1 Å². The third-order valence-corrected chi connectivity index (χ3v) is 4.96. The average molecular weight is 357 g/mol. The van der Waals surface area contributed by atoms with Crippen LogP contribution in [0, 0.1) is 29.6 Å². The van der Waals surface area contributed by atoms with E-state index in [0.29, 0.717) is 36.4 Å². The average Bonchev–Trinajstić information content (AvgIpc) is 2.96. The summed E-state index contributed by atoms with van der Waals surface area (Å²) < 4.78 is 5.31. The first-order valence-corrected chi connectivity index (χ1v) is 8.96. The summed E-state index contributed by atoms with van der Waals surface area (Å²) in [6, 6.07) is 2.01. The summed E-state index contributed by atoms with van der Waals surface area (Å²) in [4.78, 5) is 26.7. The Bertz CT molecular complexity index is 781. The Kier molecular flexibility index (Phi) is 5.70. The van der Waals surface area contributed by atoms with Gasteiger partial charge in [-0.1, -0.05) is 38.9 Å². The molecule has 0 radical (unpaired) electrons. The van der Waals surface area contributed by atoms with Crippen molar-refractivity contribution in [3.8, 4) is 6.07 Å². The van der Waals surface area contributed by atoms with E-state index in [1.54, 1.807) is 24.9 Å². The molecule has 1 unspecified atom stereocenters. The number of hydrogen-bond acceptors (Lipinski definition) is 5. The number of carbonyl (C=O) groups is 2. The molecule has 140 valence electrons. The zero-order valence-corrected chi connectivity index (χ0v) is 16.4. The smallest absolute Gasteiger partial charge is 0.259 e. The minimum atomic E-state index is -0.539. The van der Waals surface area contributed by atoms with Gasteiger partial charge in [-0.15, -0.1) is 0 Å². The maximum Gasteiger partial charge on any atom is 0.259 e. The van der Waals surface area contributed by atoms with Crippen LogP contribution in [0.3, 0.4) is 0 Å². The predicted octanol–water partition coefficient (Wildman–Crippen LogP) is 3.63. The quantitative estimate of drug-likeness (QED) is 0.803. The number of rotatable bonds is 5. The van der Waals surface area contributed by atoms with Crippen LogP contribution in [0.15, 0.2) is 16.2 Å². The fraction of sp³-hybridized carbons (Fsp3) is 0.600. The molecule has 0 aliphatic heterocycles. The molecule has 1 aromatic heterocycles. The fourth-order valence-electron chi connectivity index (χ4n) is 3.45. The Morgan fingerprint density at radius 3 is 2.73 bits per heavy atom. The molecule has 0 saturated heterocycles. The first-order chi connectivity index (χ1) is 12.1. The number of nitriles is 1. The number of amides is 1. The predicted molar refractivity (Wildman–Crippen MR) is 97.5 cm³/mol. The molecule has 1 aromatic rings. The van der Waals surface area contributed by atoms with Crippen molar-refractivity contribution >= 4 is 11.7 Å². The lowest BCUT2D eigenvalue weighted by Gasteiger charge is -2.32. The van der Waals surface area contributed by atoms with E-state index in [1.807, 2.05) is 33.8 Å². The van der Waals surface area contributed by atoms with Crippen LogP contribution in [0.4, 0.5) is 0 Å². The van der Waals surface area contributed by atoms with Crippen LogP contribution < -0.4 is 0 Å². The lowest BCUT2D eigenvalue weighted by Crippen LogP contribution is -2.34. The summed E-state index contributed by atoms with van der Waals surface area (Å²) in [5, 5.41) is 13.1. The Morgan fingerprint density at radius 1 is 1.50 bits per heavy atom. The molecule has 1 aliphatic carbocycles. The van der Waals surface area contributed by atoms with Gasteiger partial charge in [0.25, 0.3) is 5.91 Å². The van der Waals surface area contributed by atoms with Crippen molar-refractivity contribution in [3.05, 3.63) is 28.7 Å². The van der Waals surface area contributed by atoms with Crippen LogP contribution >= 0.6 is 0 Å². The zero-order chi connectivity index (χ0) is 19.6. The number of aryl methyl sites for hydroxylation is 1. The van der Waals surface area contributed by atoms with Crippen LogP contribution in [0.25, 0.3) is 0 Å². The van der Waals surface area contributed by atoms with Gasteiger partial charge in [0.1, 0.15) is 11.6 Å². The van der Waals surface area contributed by atoms with Crippen molar-refractivity contribution < 1.29 is 14.1 Å². The van der Waals surface area contributed by atoms with E-state index < -0.39 is 5.41 Å². The van der Waals surface area contributed by atoms with Crippen molar-refractivity contribution in [2.45, 2.75) is 53.4 Å². The number of aromatic nitrogens is 1. The molecule has 0 aromatic carbocycles. The third kappa shape index (κ3) is 3.87. The van der Waals surface area contributed by atoms with E-state index in [9.17, 15) is 14.9 Å². The van der Waals surface area contributed by atoms with Gasteiger partial charge in [0, 0.05) is 24.9 Å². The Labute approximate surface area is 154 Å². The first-order valence-electron chi connectivity index (χ1n) is 8.96. The molecule has 1 heterocycles. The van der Waals surface area contributed by atoms with Gasteiger partial charge >= 0.3 is 0 Å². The van der Waals surface area contributed by atoms with E-state index in [1.165, 1.54) is 0 Å². The highest BCUT2D eigenvalue weighted by Crippen LogP contribution is 2.36. The molecule has 1 atom stereocenters. The standard InChI is InChI=1S/C20H27N3O3/c1-12(2)17-16(13(3)22-26-17)19(25)23(6)8-7-14-9-15(11-21)18(24)20(4,5)10-14/h9,12,14H,7-8,10H2,1-6H3. The number of Topliss-reactive ketones (excluding diaryl/α,β-unsaturated/α-hetero) is 1. The Hall–Kier alpha value is -2.42. The largest absolute Gasteiger partial charge is 0.360 e. The SMILES string of the molecule is Cc1noc(C(C)C)c1C(=O)N(C)CCC1C=C(C#N)C(=O)C(C)(C)C1. The van der Waals surface area contributed by atoms with Crippen molar-refractivity contribution in [3.63, 3.8) is 0 Å². The van der Waals surface area contributed by atoms with E-state index in [2.05, 4.69) is 5.16 Å². The monoisotopic (exact) mass is 357 g/mol. The normalized spacial score (nSPS) is 19.2. The maximum absolute atomic E-state index is 12.8. The lowest BCUT2D eigenvalue weighted by molar-refractivity contribution is -0.124. The van der Waals surface area contributed by atoms with Gasteiger partial charge in [-0.25, -0.2) is 0 Å². The number of allylic oxidation sites excluding steroid dienone is 2. The molecule has 6 nitrogen and oxygen atoms in total. The summed E-state index contributed by atoms with van der Waals surface area (Å²) in [6.07, 6.45) is 3.14. The number of hydrogen-bond donors (Lipinski definition) is 0. The van der Waals surface area contributed by atoms with Crippen LogP contribution in [0.5, 0.6) is 0 Å². The highest BCUT2D eigenvalue weighted by atomic mass is 16.5. The minimum Gasteiger partial charge on any atom is -0.360 e.